The highest BCUT2D eigenvalue weighted by atomic mass is 32.1. The Bertz CT molecular complexity index is 309. The number of hydrogen-bond acceptors (Lipinski definition) is 4. The van der Waals surface area contributed by atoms with Gasteiger partial charge < -0.3 is 9.84 Å². The molecule has 1 aliphatic heterocycles. The summed E-state index contributed by atoms with van der Waals surface area (Å²) in [6.07, 6.45) is 0.546. The van der Waals surface area contributed by atoms with Crippen LogP contribution < -0.4 is 4.74 Å². The van der Waals surface area contributed by atoms with Gasteiger partial charge in [-0.15, -0.1) is 11.3 Å². The van der Waals surface area contributed by atoms with Crippen molar-refractivity contribution in [2.24, 2.45) is 0 Å². The van der Waals surface area contributed by atoms with Crippen molar-refractivity contribution in [2.45, 2.75) is 12.3 Å². The molecule has 0 bridgehead atoms. The molecule has 1 N–H and O–H groups in total. The summed E-state index contributed by atoms with van der Waals surface area (Å²) >= 11 is 1.34. The molecule has 2 heterocycles. The molecule has 1 aromatic rings. The number of carboxylic acid groups (broad SMARTS) is 1. The van der Waals surface area contributed by atoms with Crippen molar-refractivity contribution < 1.29 is 14.6 Å². The SMILES string of the molecule is O=C(O)[C@@H]1CCOc2ncsc21. The van der Waals surface area contributed by atoms with E-state index >= 15 is 0 Å². The zero-order valence-corrected chi connectivity index (χ0v) is 7.00. The molecular weight excluding hydrogens is 178 g/mol. The van der Waals surface area contributed by atoms with E-state index in [1.54, 1.807) is 5.51 Å². The fraction of sp³-hybridized carbons (Fsp3) is 0.429. The van der Waals surface area contributed by atoms with Gasteiger partial charge in [0.25, 0.3) is 0 Å². The van der Waals surface area contributed by atoms with E-state index in [1.807, 2.05) is 0 Å². The van der Waals surface area contributed by atoms with Gasteiger partial charge in [-0.2, -0.15) is 0 Å². The second kappa shape index (κ2) is 2.75. The lowest BCUT2D eigenvalue weighted by Crippen LogP contribution is -2.19. The average molecular weight is 185 g/mol. The number of aliphatic carboxylic acids is 1. The number of carbonyl (C=O) groups is 1. The number of nitrogens with zero attached hydrogens (tertiary/aromatic N) is 1. The number of carboxylic acids is 1. The lowest BCUT2D eigenvalue weighted by molar-refractivity contribution is -0.139. The molecule has 0 saturated carbocycles. The van der Waals surface area contributed by atoms with Gasteiger partial charge in [0.05, 0.1) is 22.9 Å². The molecule has 1 aromatic heterocycles. The van der Waals surface area contributed by atoms with E-state index in [0.29, 0.717) is 18.9 Å². The summed E-state index contributed by atoms with van der Waals surface area (Å²) in [5.41, 5.74) is 1.62. The predicted molar refractivity (Wildman–Crippen MR) is 42.6 cm³/mol. The summed E-state index contributed by atoms with van der Waals surface area (Å²) in [6, 6.07) is 0. The number of fused-ring (bicyclic) bond motifs is 1. The zero-order valence-electron chi connectivity index (χ0n) is 6.19. The first-order valence-electron chi connectivity index (χ1n) is 3.58. The summed E-state index contributed by atoms with van der Waals surface area (Å²) in [5.74, 6) is -0.705. The van der Waals surface area contributed by atoms with E-state index in [2.05, 4.69) is 4.98 Å². The molecule has 5 heteroatoms. The van der Waals surface area contributed by atoms with Crippen LogP contribution in [-0.2, 0) is 4.79 Å². The molecule has 0 amide bonds. The summed E-state index contributed by atoms with van der Waals surface area (Å²) in [6.45, 7) is 0.452. The van der Waals surface area contributed by atoms with Gasteiger partial charge in [-0.05, 0) is 6.42 Å². The first-order chi connectivity index (χ1) is 5.79. The van der Waals surface area contributed by atoms with Crippen molar-refractivity contribution in [3.63, 3.8) is 0 Å². The highest BCUT2D eigenvalue weighted by molar-refractivity contribution is 7.10. The number of thiazole rings is 1. The molecule has 12 heavy (non-hydrogen) atoms. The normalized spacial score (nSPS) is 21.2. The van der Waals surface area contributed by atoms with Crippen molar-refractivity contribution in [1.82, 2.24) is 4.98 Å². The highest BCUT2D eigenvalue weighted by Gasteiger charge is 2.29. The van der Waals surface area contributed by atoms with E-state index in [1.165, 1.54) is 11.3 Å². The Kier molecular flexibility index (Phi) is 1.73. The second-order valence-corrected chi connectivity index (χ2v) is 3.44. The van der Waals surface area contributed by atoms with Gasteiger partial charge >= 0.3 is 5.97 Å². The topological polar surface area (TPSA) is 59.4 Å². The number of ether oxygens (including phenoxy) is 1. The molecule has 4 nitrogen and oxygen atoms in total. The van der Waals surface area contributed by atoms with Crippen molar-refractivity contribution >= 4 is 17.3 Å². The molecule has 64 valence electrons. The quantitative estimate of drug-likeness (QED) is 0.711. The van der Waals surface area contributed by atoms with Crippen LogP contribution in [0.2, 0.25) is 0 Å². The van der Waals surface area contributed by atoms with E-state index in [0.717, 1.165) is 4.88 Å². The van der Waals surface area contributed by atoms with Crippen LogP contribution in [0.3, 0.4) is 0 Å². The van der Waals surface area contributed by atoms with Crippen LogP contribution in [0.25, 0.3) is 0 Å². The van der Waals surface area contributed by atoms with Crippen LogP contribution in [0.1, 0.15) is 17.2 Å². The third-order valence-corrected chi connectivity index (χ3v) is 2.74. The van der Waals surface area contributed by atoms with Crippen molar-refractivity contribution in [1.29, 1.82) is 0 Å². The molecular formula is C7H7NO3S. The maximum absolute atomic E-state index is 10.7. The lowest BCUT2D eigenvalue weighted by Gasteiger charge is -2.17. The molecule has 0 unspecified atom stereocenters. The van der Waals surface area contributed by atoms with Gasteiger partial charge in [0.2, 0.25) is 5.88 Å². The Balaban J connectivity index is 2.37. The maximum atomic E-state index is 10.7. The van der Waals surface area contributed by atoms with Crippen LogP contribution in [0.15, 0.2) is 5.51 Å². The summed E-state index contributed by atoms with van der Waals surface area (Å²) < 4.78 is 5.18. The van der Waals surface area contributed by atoms with Crippen LogP contribution in [-0.4, -0.2) is 22.7 Å². The number of hydrogen-bond donors (Lipinski definition) is 1. The van der Waals surface area contributed by atoms with Crippen LogP contribution in [0, 0.1) is 0 Å². The maximum Gasteiger partial charge on any atom is 0.312 e. The molecule has 2 rings (SSSR count). The molecule has 0 spiro atoms. The van der Waals surface area contributed by atoms with E-state index in [4.69, 9.17) is 9.84 Å². The molecule has 1 aliphatic rings. The van der Waals surface area contributed by atoms with E-state index in [9.17, 15) is 4.79 Å². The molecule has 0 aromatic carbocycles. The van der Waals surface area contributed by atoms with Gasteiger partial charge in [0, 0.05) is 0 Å². The average Bonchev–Trinajstić information content (AvgIpc) is 2.49. The van der Waals surface area contributed by atoms with E-state index in [-0.39, 0.29) is 0 Å². The second-order valence-electron chi connectivity index (χ2n) is 2.55. The van der Waals surface area contributed by atoms with Crippen LogP contribution in [0.5, 0.6) is 5.88 Å². The van der Waals surface area contributed by atoms with Crippen molar-refractivity contribution in [2.75, 3.05) is 6.61 Å². The third-order valence-electron chi connectivity index (χ3n) is 1.82. The lowest BCUT2D eigenvalue weighted by atomic mass is 10.0. The summed E-state index contributed by atoms with van der Waals surface area (Å²) in [7, 11) is 0. The Morgan fingerprint density at radius 1 is 1.83 bits per heavy atom. The number of aromatic nitrogens is 1. The smallest absolute Gasteiger partial charge is 0.312 e. The van der Waals surface area contributed by atoms with Gasteiger partial charge in [-0.1, -0.05) is 0 Å². The van der Waals surface area contributed by atoms with Crippen molar-refractivity contribution in [3.8, 4) is 5.88 Å². The standard InChI is InChI=1S/C7H7NO3S/c9-7(10)4-1-2-11-6-5(4)12-3-8-6/h3-4H,1-2H2,(H,9,10)/t4-/m1/s1. The van der Waals surface area contributed by atoms with Gasteiger partial charge in [-0.3, -0.25) is 4.79 Å². The first kappa shape index (κ1) is 7.54. The largest absolute Gasteiger partial charge is 0.481 e. The van der Waals surface area contributed by atoms with Crippen molar-refractivity contribution in [3.05, 3.63) is 10.4 Å². The summed E-state index contributed by atoms with van der Waals surface area (Å²) in [5, 5.41) is 8.83. The molecule has 0 fully saturated rings. The minimum Gasteiger partial charge on any atom is -0.481 e. The molecule has 0 saturated heterocycles. The molecule has 0 radical (unpaired) electrons. The van der Waals surface area contributed by atoms with Gasteiger partial charge in [0.1, 0.15) is 0 Å². The minimum atomic E-state index is -0.788. The Hall–Kier alpha value is -1.10. The van der Waals surface area contributed by atoms with Gasteiger partial charge in [-0.25, -0.2) is 4.98 Å². The molecule has 0 aliphatic carbocycles. The fourth-order valence-corrected chi connectivity index (χ4v) is 2.08. The van der Waals surface area contributed by atoms with Gasteiger partial charge in [0.15, 0.2) is 0 Å². The summed E-state index contributed by atoms with van der Waals surface area (Å²) in [4.78, 5) is 15.4. The minimum absolute atomic E-state index is 0.416. The Morgan fingerprint density at radius 3 is 3.42 bits per heavy atom. The van der Waals surface area contributed by atoms with Crippen LogP contribution in [0.4, 0.5) is 0 Å². The molecule has 1 atom stereocenters. The first-order valence-corrected chi connectivity index (χ1v) is 4.46. The highest BCUT2D eigenvalue weighted by Crippen LogP contribution is 2.35. The zero-order chi connectivity index (χ0) is 8.55. The predicted octanol–water partition coefficient (Wildman–Crippen LogP) is 1.09. The Labute approximate surface area is 72.8 Å². The van der Waals surface area contributed by atoms with Crippen LogP contribution >= 0.6 is 11.3 Å². The number of rotatable bonds is 1. The monoisotopic (exact) mass is 185 g/mol. The van der Waals surface area contributed by atoms with E-state index < -0.39 is 11.9 Å². The Morgan fingerprint density at radius 2 is 2.67 bits per heavy atom. The fourth-order valence-electron chi connectivity index (χ4n) is 1.22. The third kappa shape index (κ3) is 1.06.